The van der Waals surface area contributed by atoms with E-state index in [1.807, 2.05) is 6.92 Å². The average molecular weight is 420 g/mol. The predicted octanol–water partition coefficient (Wildman–Crippen LogP) is 2.66. The van der Waals surface area contributed by atoms with E-state index in [2.05, 4.69) is 10.6 Å². The molecular weight excluding hydrogens is 394 g/mol. The molecule has 0 aromatic heterocycles. The molecule has 0 aliphatic heterocycles. The standard InChI is InChI=1S/C20H25N3O5S/c1-2-3-14-28-19(24)16-6-8-17(9-7-16)23-20(25)22-13-12-15-4-10-18(11-5-15)29(21,26)27/h4-11H,2-3,12-14H2,1H3,(H2,21,26,27)(H2,22,23,25). The molecule has 0 radical (unpaired) electrons. The minimum absolute atomic E-state index is 0.0460. The van der Waals surface area contributed by atoms with E-state index in [1.165, 1.54) is 12.1 Å². The fourth-order valence-corrected chi connectivity index (χ4v) is 2.94. The highest BCUT2D eigenvalue weighted by molar-refractivity contribution is 7.89. The van der Waals surface area contributed by atoms with Crippen LogP contribution >= 0.6 is 0 Å². The van der Waals surface area contributed by atoms with Crippen molar-refractivity contribution in [3.63, 3.8) is 0 Å². The summed E-state index contributed by atoms with van der Waals surface area (Å²) in [6.07, 6.45) is 2.30. The second-order valence-electron chi connectivity index (χ2n) is 6.39. The third-order valence-corrected chi connectivity index (χ3v) is 4.99. The van der Waals surface area contributed by atoms with E-state index in [4.69, 9.17) is 9.88 Å². The minimum Gasteiger partial charge on any atom is -0.462 e. The predicted molar refractivity (Wildman–Crippen MR) is 110 cm³/mol. The van der Waals surface area contributed by atoms with E-state index >= 15 is 0 Å². The zero-order chi connectivity index (χ0) is 21.3. The molecule has 156 valence electrons. The van der Waals surface area contributed by atoms with E-state index in [0.29, 0.717) is 30.8 Å². The number of amides is 2. The second-order valence-corrected chi connectivity index (χ2v) is 7.95. The van der Waals surface area contributed by atoms with E-state index in [-0.39, 0.29) is 16.9 Å². The van der Waals surface area contributed by atoms with Gasteiger partial charge in [-0.3, -0.25) is 0 Å². The van der Waals surface area contributed by atoms with Crippen LogP contribution in [0.3, 0.4) is 0 Å². The van der Waals surface area contributed by atoms with Gasteiger partial charge in [-0.05, 0) is 54.8 Å². The summed E-state index contributed by atoms with van der Waals surface area (Å²) >= 11 is 0. The van der Waals surface area contributed by atoms with E-state index in [9.17, 15) is 18.0 Å². The number of nitrogens with two attached hydrogens (primary N) is 1. The fourth-order valence-electron chi connectivity index (χ4n) is 2.42. The van der Waals surface area contributed by atoms with Crippen LogP contribution in [0.25, 0.3) is 0 Å². The summed E-state index contributed by atoms with van der Waals surface area (Å²) in [4.78, 5) is 23.9. The molecule has 0 heterocycles. The fraction of sp³-hybridized carbons (Fsp3) is 0.300. The third-order valence-electron chi connectivity index (χ3n) is 4.06. The summed E-state index contributed by atoms with van der Waals surface area (Å²) in [7, 11) is -3.71. The maximum absolute atomic E-state index is 12.0. The number of esters is 1. The zero-order valence-electron chi connectivity index (χ0n) is 16.2. The van der Waals surface area contributed by atoms with Crippen LogP contribution in [0.2, 0.25) is 0 Å². The van der Waals surface area contributed by atoms with Crippen molar-refractivity contribution < 1.29 is 22.7 Å². The Morgan fingerprint density at radius 3 is 2.28 bits per heavy atom. The van der Waals surface area contributed by atoms with Crippen molar-refractivity contribution in [2.24, 2.45) is 5.14 Å². The summed E-state index contributed by atoms with van der Waals surface area (Å²) in [5.41, 5.74) is 1.84. The highest BCUT2D eigenvalue weighted by Gasteiger charge is 2.09. The number of anilines is 1. The second kappa shape index (κ2) is 10.6. The smallest absolute Gasteiger partial charge is 0.338 e. The van der Waals surface area contributed by atoms with Gasteiger partial charge >= 0.3 is 12.0 Å². The van der Waals surface area contributed by atoms with Crippen LogP contribution in [0.1, 0.15) is 35.7 Å². The summed E-state index contributed by atoms with van der Waals surface area (Å²) in [5, 5.41) is 10.4. The summed E-state index contributed by atoms with van der Waals surface area (Å²) in [5.74, 6) is -0.386. The van der Waals surface area contributed by atoms with E-state index < -0.39 is 10.0 Å². The first-order valence-electron chi connectivity index (χ1n) is 9.23. The van der Waals surface area contributed by atoms with Gasteiger partial charge in [-0.1, -0.05) is 25.5 Å². The molecule has 0 saturated carbocycles. The molecule has 0 aliphatic rings. The molecule has 2 aromatic carbocycles. The zero-order valence-corrected chi connectivity index (χ0v) is 17.0. The Morgan fingerprint density at radius 2 is 1.69 bits per heavy atom. The van der Waals surface area contributed by atoms with Gasteiger partial charge in [0.1, 0.15) is 0 Å². The molecule has 0 spiro atoms. The lowest BCUT2D eigenvalue weighted by Gasteiger charge is -2.09. The third kappa shape index (κ3) is 7.55. The first-order chi connectivity index (χ1) is 13.8. The van der Waals surface area contributed by atoms with Crippen molar-refractivity contribution in [3.05, 3.63) is 59.7 Å². The number of sulfonamides is 1. The number of primary sulfonamides is 1. The molecule has 8 nitrogen and oxygen atoms in total. The van der Waals surface area contributed by atoms with Crippen LogP contribution in [0, 0.1) is 0 Å². The van der Waals surface area contributed by atoms with Gasteiger partial charge in [0.25, 0.3) is 0 Å². The summed E-state index contributed by atoms with van der Waals surface area (Å²) < 4.78 is 27.6. The lowest BCUT2D eigenvalue weighted by atomic mass is 10.1. The number of unbranched alkanes of at least 4 members (excludes halogenated alkanes) is 1. The number of carbonyl (C=O) groups is 2. The molecule has 2 rings (SSSR count). The number of benzene rings is 2. The molecule has 0 fully saturated rings. The Bertz CT molecular complexity index is 926. The molecule has 0 saturated heterocycles. The summed E-state index contributed by atoms with van der Waals surface area (Å²) in [6, 6.07) is 12.2. The maximum atomic E-state index is 12.0. The Kier molecular flexibility index (Phi) is 8.17. The largest absolute Gasteiger partial charge is 0.462 e. The molecule has 0 bridgehead atoms. The Balaban J connectivity index is 1.77. The number of hydrogen-bond acceptors (Lipinski definition) is 5. The van der Waals surface area contributed by atoms with E-state index in [1.54, 1.807) is 36.4 Å². The maximum Gasteiger partial charge on any atom is 0.338 e. The van der Waals surface area contributed by atoms with Crippen molar-refractivity contribution in [1.29, 1.82) is 0 Å². The number of nitrogens with one attached hydrogen (secondary N) is 2. The van der Waals surface area contributed by atoms with Gasteiger partial charge in [-0.25, -0.2) is 23.1 Å². The molecule has 9 heteroatoms. The highest BCUT2D eigenvalue weighted by atomic mass is 32.2. The number of rotatable bonds is 9. The van der Waals surface area contributed by atoms with Crippen molar-refractivity contribution in [2.45, 2.75) is 31.1 Å². The van der Waals surface area contributed by atoms with Crippen LogP contribution in [0.4, 0.5) is 10.5 Å². The van der Waals surface area contributed by atoms with E-state index in [0.717, 1.165) is 18.4 Å². The van der Waals surface area contributed by atoms with Crippen LogP contribution < -0.4 is 15.8 Å². The number of urea groups is 1. The van der Waals surface area contributed by atoms with Gasteiger partial charge in [0.2, 0.25) is 10.0 Å². The minimum atomic E-state index is -3.71. The van der Waals surface area contributed by atoms with Crippen molar-refractivity contribution in [2.75, 3.05) is 18.5 Å². The highest BCUT2D eigenvalue weighted by Crippen LogP contribution is 2.11. The molecule has 0 unspecified atom stereocenters. The molecular formula is C20H25N3O5S. The van der Waals surface area contributed by atoms with Crippen LogP contribution in [-0.4, -0.2) is 33.6 Å². The van der Waals surface area contributed by atoms with Gasteiger partial charge in [-0.15, -0.1) is 0 Å². The van der Waals surface area contributed by atoms with Gasteiger partial charge in [0.15, 0.2) is 0 Å². The molecule has 2 aromatic rings. The topological polar surface area (TPSA) is 128 Å². The first kappa shape index (κ1) is 22.4. The van der Waals surface area contributed by atoms with Crippen molar-refractivity contribution >= 4 is 27.7 Å². The average Bonchev–Trinajstić information content (AvgIpc) is 2.68. The van der Waals surface area contributed by atoms with Gasteiger partial charge in [-0.2, -0.15) is 0 Å². The molecule has 2 amide bonds. The van der Waals surface area contributed by atoms with Gasteiger partial charge < -0.3 is 15.4 Å². The molecule has 4 N–H and O–H groups in total. The Morgan fingerprint density at radius 1 is 1.03 bits per heavy atom. The lowest BCUT2D eigenvalue weighted by molar-refractivity contribution is 0.0499. The SMILES string of the molecule is CCCCOC(=O)c1ccc(NC(=O)NCCc2ccc(S(N)(=O)=O)cc2)cc1. The molecule has 0 atom stereocenters. The molecule has 0 aliphatic carbocycles. The normalized spacial score (nSPS) is 11.0. The first-order valence-corrected chi connectivity index (χ1v) is 10.8. The number of hydrogen-bond donors (Lipinski definition) is 3. The number of ether oxygens (including phenoxy) is 1. The monoisotopic (exact) mass is 419 g/mol. The molecule has 29 heavy (non-hydrogen) atoms. The van der Waals surface area contributed by atoms with Crippen LogP contribution in [0.15, 0.2) is 53.4 Å². The Labute approximate surface area is 170 Å². The van der Waals surface area contributed by atoms with Crippen LogP contribution in [0.5, 0.6) is 0 Å². The quantitative estimate of drug-likeness (QED) is 0.425. The van der Waals surface area contributed by atoms with Crippen molar-refractivity contribution in [1.82, 2.24) is 5.32 Å². The van der Waals surface area contributed by atoms with Crippen LogP contribution in [-0.2, 0) is 21.2 Å². The summed E-state index contributed by atoms with van der Waals surface area (Å²) in [6.45, 7) is 2.77. The Hall–Kier alpha value is -2.91. The van der Waals surface area contributed by atoms with Gasteiger partial charge in [0, 0.05) is 12.2 Å². The number of carbonyl (C=O) groups excluding carboxylic acids is 2. The van der Waals surface area contributed by atoms with Crippen molar-refractivity contribution in [3.8, 4) is 0 Å². The lowest BCUT2D eigenvalue weighted by Crippen LogP contribution is -2.30. The van der Waals surface area contributed by atoms with Gasteiger partial charge in [0.05, 0.1) is 17.1 Å².